The molecule has 1 aliphatic carbocycles. The number of rotatable bonds is 6. The first kappa shape index (κ1) is 18.8. The number of aryl methyl sites for hydroxylation is 1. The molecule has 4 atom stereocenters. The number of fused-ring (bicyclic) bond motifs is 1. The molecule has 2 fully saturated rings. The van der Waals surface area contributed by atoms with E-state index in [1.165, 1.54) is 13.1 Å². The van der Waals surface area contributed by atoms with Crippen molar-refractivity contribution in [2.45, 2.75) is 19.4 Å². The van der Waals surface area contributed by atoms with Crippen molar-refractivity contribution in [3.05, 3.63) is 64.5 Å². The van der Waals surface area contributed by atoms with Gasteiger partial charge in [-0.05, 0) is 47.9 Å². The molecule has 0 radical (unpaired) electrons. The fourth-order valence-electron chi connectivity index (χ4n) is 4.14. The van der Waals surface area contributed by atoms with Crippen LogP contribution in [-0.2, 0) is 4.74 Å². The van der Waals surface area contributed by atoms with E-state index in [2.05, 4.69) is 10.3 Å². The molecule has 0 spiro atoms. The summed E-state index contributed by atoms with van der Waals surface area (Å²) in [4.78, 5) is 29.4. The summed E-state index contributed by atoms with van der Waals surface area (Å²) in [5, 5.41) is 13.4. The largest absolute Gasteiger partial charge is 0.382 e. The summed E-state index contributed by atoms with van der Waals surface area (Å²) in [5.74, 6) is 0.930. The highest BCUT2D eigenvalue weighted by Crippen LogP contribution is 2.53. The van der Waals surface area contributed by atoms with Gasteiger partial charge >= 0.3 is 0 Å². The number of nitrogens with one attached hydrogen (secondary N) is 1. The molecular formula is C22H24N2O4. The van der Waals surface area contributed by atoms with Gasteiger partial charge in [0, 0.05) is 19.0 Å². The lowest BCUT2D eigenvalue weighted by Gasteiger charge is -2.15. The minimum absolute atomic E-state index is 0.0230. The van der Waals surface area contributed by atoms with Gasteiger partial charge < -0.3 is 15.2 Å². The molecule has 2 heterocycles. The molecule has 1 amide bonds. The molecule has 2 unspecified atom stereocenters. The highest BCUT2D eigenvalue weighted by atomic mass is 16.5. The Morgan fingerprint density at radius 2 is 1.96 bits per heavy atom. The van der Waals surface area contributed by atoms with E-state index in [0.29, 0.717) is 41.0 Å². The van der Waals surface area contributed by atoms with E-state index in [4.69, 9.17) is 4.74 Å². The van der Waals surface area contributed by atoms with Gasteiger partial charge in [-0.25, -0.2) is 4.98 Å². The number of ketones is 1. The van der Waals surface area contributed by atoms with E-state index in [-0.39, 0.29) is 17.4 Å². The second-order valence-electron chi connectivity index (χ2n) is 7.66. The molecule has 1 aromatic carbocycles. The number of ether oxygens (including phenoxy) is 1. The number of Topliss-reactive ketones (excluding diaryl/α,β-unsaturated/α-hetero) is 1. The van der Waals surface area contributed by atoms with Crippen LogP contribution in [0.4, 0.5) is 0 Å². The van der Waals surface area contributed by atoms with Crippen LogP contribution < -0.4 is 5.32 Å². The molecule has 0 bridgehead atoms. The Morgan fingerprint density at radius 3 is 2.64 bits per heavy atom. The Kier molecular flexibility index (Phi) is 5.00. The van der Waals surface area contributed by atoms with Crippen molar-refractivity contribution in [3.63, 3.8) is 0 Å². The predicted molar refractivity (Wildman–Crippen MR) is 103 cm³/mol. The molecule has 2 aliphatic rings. The van der Waals surface area contributed by atoms with Crippen LogP contribution in [0.2, 0.25) is 0 Å². The molecule has 1 saturated heterocycles. The highest BCUT2D eigenvalue weighted by molar-refractivity contribution is 6.00. The molecule has 1 saturated carbocycles. The number of hydrogen-bond donors (Lipinski definition) is 2. The molecule has 1 aliphatic heterocycles. The highest BCUT2D eigenvalue weighted by Gasteiger charge is 2.54. The first-order chi connectivity index (χ1) is 13.5. The summed E-state index contributed by atoms with van der Waals surface area (Å²) in [6, 6.07) is 10.6. The third-order valence-electron chi connectivity index (χ3n) is 5.94. The number of aliphatic hydroxyl groups is 1. The smallest absolute Gasteiger partial charge is 0.269 e. The summed E-state index contributed by atoms with van der Waals surface area (Å²) in [7, 11) is 1.52. The standard InChI is InChI=1S/C22H24N2O4/c1-12-5-3-4-6-14(12)21(26)18-7-13(8-19(24-18)22(27)23-2)20(25)9-15-16-10-28-11-17(15)16/h3-8,15-17,21,26H,9-11H2,1-2H3,(H,23,27)/t15?,16-,17+,21?. The quantitative estimate of drug-likeness (QED) is 0.751. The maximum Gasteiger partial charge on any atom is 0.269 e. The normalized spacial score (nSPS) is 23.8. The van der Waals surface area contributed by atoms with Gasteiger partial charge in [0.05, 0.1) is 18.9 Å². The molecule has 4 rings (SSSR count). The van der Waals surface area contributed by atoms with E-state index < -0.39 is 6.10 Å². The lowest BCUT2D eigenvalue weighted by atomic mass is 9.97. The van der Waals surface area contributed by atoms with Crippen LogP contribution in [0.25, 0.3) is 0 Å². The van der Waals surface area contributed by atoms with Gasteiger partial charge in [-0.15, -0.1) is 0 Å². The van der Waals surface area contributed by atoms with Gasteiger partial charge in [-0.2, -0.15) is 0 Å². The number of carbonyl (C=O) groups is 2. The summed E-state index contributed by atoms with van der Waals surface area (Å²) >= 11 is 0. The maximum atomic E-state index is 12.9. The van der Waals surface area contributed by atoms with E-state index >= 15 is 0 Å². The van der Waals surface area contributed by atoms with Crippen molar-refractivity contribution in [2.75, 3.05) is 20.3 Å². The number of hydrogen-bond acceptors (Lipinski definition) is 5. The van der Waals surface area contributed by atoms with Crippen LogP contribution in [0.5, 0.6) is 0 Å². The maximum absolute atomic E-state index is 12.9. The minimum Gasteiger partial charge on any atom is -0.382 e. The van der Waals surface area contributed by atoms with Crippen molar-refractivity contribution in [2.24, 2.45) is 17.8 Å². The minimum atomic E-state index is -1.01. The van der Waals surface area contributed by atoms with Gasteiger partial charge in [0.25, 0.3) is 5.91 Å². The van der Waals surface area contributed by atoms with Gasteiger partial charge in [0.15, 0.2) is 5.78 Å². The molecular weight excluding hydrogens is 356 g/mol. The van der Waals surface area contributed by atoms with Crippen LogP contribution in [-0.4, -0.2) is 42.0 Å². The SMILES string of the molecule is CNC(=O)c1cc(C(=O)CC2[C@H]3COC[C@@H]23)cc(C(O)c2ccccc2C)n1. The zero-order chi connectivity index (χ0) is 19.8. The molecule has 2 aromatic rings. The Morgan fingerprint density at radius 1 is 1.25 bits per heavy atom. The molecule has 146 valence electrons. The van der Waals surface area contributed by atoms with E-state index in [0.717, 1.165) is 18.8 Å². The second kappa shape index (κ2) is 7.45. The van der Waals surface area contributed by atoms with Crippen LogP contribution in [0.1, 0.15) is 50.2 Å². The fourth-order valence-corrected chi connectivity index (χ4v) is 4.14. The third kappa shape index (κ3) is 3.45. The lowest BCUT2D eigenvalue weighted by Crippen LogP contribution is -2.21. The van der Waals surface area contributed by atoms with Gasteiger partial charge in [0.1, 0.15) is 11.8 Å². The second-order valence-corrected chi connectivity index (χ2v) is 7.66. The van der Waals surface area contributed by atoms with Crippen LogP contribution in [0.3, 0.4) is 0 Å². The van der Waals surface area contributed by atoms with Crippen molar-refractivity contribution in [3.8, 4) is 0 Å². The lowest BCUT2D eigenvalue weighted by molar-refractivity contribution is 0.0950. The van der Waals surface area contributed by atoms with Crippen molar-refractivity contribution >= 4 is 11.7 Å². The molecule has 2 N–H and O–H groups in total. The number of aromatic nitrogens is 1. The zero-order valence-corrected chi connectivity index (χ0v) is 16.0. The van der Waals surface area contributed by atoms with Crippen LogP contribution in [0.15, 0.2) is 36.4 Å². The Bertz CT molecular complexity index is 917. The predicted octanol–water partition coefficient (Wildman–Crippen LogP) is 2.30. The van der Waals surface area contributed by atoms with Crippen LogP contribution in [0, 0.1) is 24.7 Å². The van der Waals surface area contributed by atoms with E-state index in [9.17, 15) is 14.7 Å². The van der Waals surface area contributed by atoms with Crippen molar-refractivity contribution in [1.82, 2.24) is 10.3 Å². The van der Waals surface area contributed by atoms with Crippen LogP contribution >= 0.6 is 0 Å². The summed E-state index contributed by atoms with van der Waals surface area (Å²) in [5.41, 5.74) is 2.48. The summed E-state index contributed by atoms with van der Waals surface area (Å²) in [6.45, 7) is 3.38. The topological polar surface area (TPSA) is 88.5 Å². The molecule has 6 nitrogen and oxygen atoms in total. The van der Waals surface area contributed by atoms with Gasteiger partial charge in [-0.3, -0.25) is 9.59 Å². The first-order valence-electron chi connectivity index (χ1n) is 9.58. The Hall–Kier alpha value is -2.57. The Labute approximate surface area is 163 Å². The number of pyridine rings is 1. The number of benzene rings is 1. The molecule has 28 heavy (non-hydrogen) atoms. The molecule has 6 heteroatoms. The van der Waals surface area contributed by atoms with E-state index in [1.807, 2.05) is 31.2 Å². The first-order valence-corrected chi connectivity index (χ1v) is 9.58. The van der Waals surface area contributed by atoms with E-state index in [1.54, 1.807) is 6.07 Å². The Balaban J connectivity index is 1.64. The van der Waals surface area contributed by atoms with Crippen molar-refractivity contribution in [1.29, 1.82) is 0 Å². The average molecular weight is 380 g/mol. The summed E-state index contributed by atoms with van der Waals surface area (Å²) < 4.78 is 5.39. The number of aliphatic hydroxyl groups excluding tert-OH is 1. The van der Waals surface area contributed by atoms with Gasteiger partial charge in [0.2, 0.25) is 0 Å². The average Bonchev–Trinajstić information content (AvgIpc) is 3.13. The zero-order valence-electron chi connectivity index (χ0n) is 16.0. The van der Waals surface area contributed by atoms with Crippen molar-refractivity contribution < 1.29 is 19.4 Å². The number of nitrogens with zero attached hydrogens (tertiary/aromatic N) is 1. The summed E-state index contributed by atoms with van der Waals surface area (Å²) in [6.07, 6.45) is -0.568. The number of amides is 1. The fraction of sp³-hybridized carbons (Fsp3) is 0.409. The monoisotopic (exact) mass is 380 g/mol. The molecule has 1 aromatic heterocycles. The number of carbonyl (C=O) groups excluding carboxylic acids is 2. The van der Waals surface area contributed by atoms with Gasteiger partial charge in [-0.1, -0.05) is 24.3 Å². The third-order valence-corrected chi connectivity index (χ3v) is 5.94.